The second kappa shape index (κ2) is 9.36. The van der Waals surface area contributed by atoms with Crippen LogP contribution >= 0.6 is 11.6 Å². The molecule has 170 valence electrons. The highest BCUT2D eigenvalue weighted by molar-refractivity contribution is 6.33. The van der Waals surface area contributed by atoms with Crippen molar-refractivity contribution in [1.29, 1.82) is 0 Å². The summed E-state index contributed by atoms with van der Waals surface area (Å²) < 4.78 is 1.80. The van der Waals surface area contributed by atoms with Crippen LogP contribution in [0.15, 0.2) is 79.1 Å². The monoisotopic (exact) mass is 472 g/mol. The van der Waals surface area contributed by atoms with Crippen molar-refractivity contribution >= 4 is 40.0 Å². The summed E-state index contributed by atoms with van der Waals surface area (Å²) in [5.41, 5.74) is 2.88. The molecule has 1 atom stereocenters. The average Bonchev–Trinajstić information content (AvgIpc) is 3.46. The average molecular weight is 473 g/mol. The lowest BCUT2D eigenvalue weighted by Crippen LogP contribution is -2.48. The van der Waals surface area contributed by atoms with Gasteiger partial charge in [-0.15, -0.1) is 10.2 Å². The number of halogens is 1. The summed E-state index contributed by atoms with van der Waals surface area (Å²) in [4.78, 5) is 29.4. The van der Waals surface area contributed by atoms with Gasteiger partial charge in [-0.05, 0) is 35.9 Å². The Balaban J connectivity index is 1.38. The van der Waals surface area contributed by atoms with Crippen molar-refractivity contribution in [3.63, 3.8) is 0 Å². The van der Waals surface area contributed by atoms with Crippen LogP contribution in [0.4, 0.5) is 0 Å². The molecule has 8 nitrogen and oxygen atoms in total. The Morgan fingerprint density at radius 2 is 1.79 bits per heavy atom. The molecule has 0 bridgehead atoms. The van der Waals surface area contributed by atoms with Crippen LogP contribution in [-0.4, -0.2) is 37.4 Å². The number of nitrogens with zero attached hydrogens (tertiary/aromatic N) is 3. The molecule has 9 heteroatoms. The zero-order chi connectivity index (χ0) is 23.5. The fraction of sp³-hybridized carbons (Fsp3) is 0.120. The van der Waals surface area contributed by atoms with Crippen molar-refractivity contribution in [1.82, 2.24) is 30.2 Å². The van der Waals surface area contributed by atoms with Gasteiger partial charge < -0.3 is 15.6 Å². The minimum Gasteiger partial charge on any atom is -0.361 e. The van der Waals surface area contributed by atoms with Gasteiger partial charge in [-0.1, -0.05) is 48.0 Å². The predicted molar refractivity (Wildman–Crippen MR) is 130 cm³/mol. The number of carbonyl (C=O) groups excluding carboxylic acids is 2. The molecular formula is C25H21ClN6O2. The first-order valence-corrected chi connectivity index (χ1v) is 11.1. The Kier molecular flexibility index (Phi) is 5.97. The summed E-state index contributed by atoms with van der Waals surface area (Å²) in [5.74, 6) is -0.163. The molecule has 34 heavy (non-hydrogen) atoms. The molecule has 0 fully saturated rings. The number of fused-ring (bicyclic) bond motifs is 2. The van der Waals surface area contributed by atoms with E-state index in [-0.39, 0.29) is 12.5 Å². The van der Waals surface area contributed by atoms with Crippen LogP contribution < -0.4 is 10.6 Å². The molecule has 1 unspecified atom stereocenters. The van der Waals surface area contributed by atoms with Gasteiger partial charge >= 0.3 is 0 Å². The number of carbonyl (C=O) groups is 2. The highest BCUT2D eigenvalue weighted by Gasteiger charge is 2.24. The van der Waals surface area contributed by atoms with E-state index >= 15 is 0 Å². The summed E-state index contributed by atoms with van der Waals surface area (Å²) in [6.07, 6.45) is 3.99. The molecule has 0 radical (unpaired) electrons. The molecule has 3 heterocycles. The number of amides is 2. The Labute approximate surface area is 200 Å². The summed E-state index contributed by atoms with van der Waals surface area (Å²) in [5, 5.41) is 15.3. The van der Waals surface area contributed by atoms with E-state index in [2.05, 4.69) is 25.8 Å². The van der Waals surface area contributed by atoms with Gasteiger partial charge in [0.1, 0.15) is 6.04 Å². The number of aromatic amines is 1. The standard InChI is InChI=1S/C25H21ClN6O2/c26-19-9-3-1-8-18(19)24(33)29-21(13-16-14-27-20-10-4-2-7-17(16)20)25(34)28-15-23-31-30-22-11-5-6-12-32(22)23/h1-12,14,21,27H,13,15H2,(H,28,34)(H,29,33). The summed E-state index contributed by atoms with van der Waals surface area (Å²) >= 11 is 6.20. The van der Waals surface area contributed by atoms with Crippen LogP contribution in [0.3, 0.4) is 0 Å². The number of rotatable bonds is 7. The van der Waals surface area contributed by atoms with Gasteiger partial charge in [0.2, 0.25) is 5.91 Å². The maximum absolute atomic E-state index is 13.3. The van der Waals surface area contributed by atoms with Crippen molar-refractivity contribution in [2.24, 2.45) is 0 Å². The number of pyridine rings is 1. The molecule has 0 spiro atoms. The second-order valence-corrected chi connectivity index (χ2v) is 8.24. The normalized spacial score (nSPS) is 12.0. The fourth-order valence-electron chi connectivity index (χ4n) is 3.91. The number of hydrogen-bond donors (Lipinski definition) is 3. The maximum atomic E-state index is 13.3. The third-order valence-electron chi connectivity index (χ3n) is 5.64. The molecule has 2 amide bonds. The summed E-state index contributed by atoms with van der Waals surface area (Å²) in [6.45, 7) is 0.163. The topological polar surface area (TPSA) is 104 Å². The quantitative estimate of drug-likeness (QED) is 0.337. The third-order valence-corrected chi connectivity index (χ3v) is 5.97. The number of para-hydroxylation sites is 1. The van der Waals surface area contributed by atoms with Crippen molar-refractivity contribution in [2.75, 3.05) is 0 Å². The van der Waals surface area contributed by atoms with E-state index in [0.717, 1.165) is 16.5 Å². The van der Waals surface area contributed by atoms with Crippen LogP contribution in [0.5, 0.6) is 0 Å². The Morgan fingerprint density at radius 1 is 1.00 bits per heavy atom. The highest BCUT2D eigenvalue weighted by atomic mass is 35.5. The predicted octanol–water partition coefficient (Wildman–Crippen LogP) is 3.52. The number of benzene rings is 2. The van der Waals surface area contributed by atoms with E-state index in [1.807, 2.05) is 54.9 Å². The van der Waals surface area contributed by atoms with Gasteiger partial charge in [0.05, 0.1) is 17.1 Å². The number of hydrogen-bond acceptors (Lipinski definition) is 4. The van der Waals surface area contributed by atoms with E-state index in [1.165, 1.54) is 0 Å². The van der Waals surface area contributed by atoms with Crippen LogP contribution in [-0.2, 0) is 17.8 Å². The third kappa shape index (κ3) is 4.35. The van der Waals surface area contributed by atoms with Crippen molar-refractivity contribution in [2.45, 2.75) is 19.0 Å². The van der Waals surface area contributed by atoms with Crippen LogP contribution in [0.2, 0.25) is 5.02 Å². The summed E-state index contributed by atoms with van der Waals surface area (Å²) in [7, 11) is 0. The zero-order valence-corrected chi connectivity index (χ0v) is 18.8. The molecule has 0 aliphatic carbocycles. The zero-order valence-electron chi connectivity index (χ0n) is 18.0. The molecular weight excluding hydrogens is 452 g/mol. The molecule has 0 saturated heterocycles. The molecule has 0 aliphatic heterocycles. The van der Waals surface area contributed by atoms with Gasteiger partial charge in [0.25, 0.3) is 5.91 Å². The van der Waals surface area contributed by atoms with E-state index in [9.17, 15) is 9.59 Å². The second-order valence-electron chi connectivity index (χ2n) is 7.83. The lowest BCUT2D eigenvalue weighted by Gasteiger charge is -2.18. The van der Waals surface area contributed by atoms with E-state index in [1.54, 1.807) is 28.7 Å². The van der Waals surface area contributed by atoms with Crippen molar-refractivity contribution in [3.05, 3.63) is 101 Å². The maximum Gasteiger partial charge on any atom is 0.253 e. The van der Waals surface area contributed by atoms with E-state index in [0.29, 0.717) is 28.5 Å². The first kappa shape index (κ1) is 21.7. The number of nitrogens with one attached hydrogen (secondary N) is 3. The lowest BCUT2D eigenvalue weighted by atomic mass is 10.0. The molecule has 5 rings (SSSR count). The van der Waals surface area contributed by atoms with Gasteiger partial charge in [-0.3, -0.25) is 14.0 Å². The van der Waals surface area contributed by atoms with Gasteiger partial charge in [-0.25, -0.2) is 0 Å². The van der Waals surface area contributed by atoms with Crippen molar-refractivity contribution in [3.8, 4) is 0 Å². The smallest absolute Gasteiger partial charge is 0.253 e. The Bertz CT molecular complexity index is 1490. The van der Waals surface area contributed by atoms with Crippen LogP contribution in [0.1, 0.15) is 21.7 Å². The molecule has 3 aromatic heterocycles. The largest absolute Gasteiger partial charge is 0.361 e. The van der Waals surface area contributed by atoms with Gasteiger partial charge in [-0.2, -0.15) is 0 Å². The van der Waals surface area contributed by atoms with E-state index in [4.69, 9.17) is 11.6 Å². The van der Waals surface area contributed by atoms with Crippen LogP contribution in [0.25, 0.3) is 16.6 Å². The Morgan fingerprint density at radius 3 is 2.68 bits per heavy atom. The lowest BCUT2D eigenvalue weighted by molar-refractivity contribution is -0.123. The minimum absolute atomic E-state index is 0.163. The first-order chi connectivity index (χ1) is 16.6. The molecule has 5 aromatic rings. The highest BCUT2D eigenvalue weighted by Crippen LogP contribution is 2.20. The molecule has 3 N–H and O–H groups in total. The first-order valence-electron chi connectivity index (χ1n) is 10.8. The number of aromatic nitrogens is 4. The number of H-pyrrole nitrogens is 1. The summed E-state index contributed by atoms with van der Waals surface area (Å²) in [6, 6.07) is 19.3. The van der Waals surface area contributed by atoms with Gasteiger partial charge in [0.15, 0.2) is 11.5 Å². The molecule has 0 saturated carbocycles. The molecule has 0 aliphatic rings. The Hall–Kier alpha value is -4.17. The van der Waals surface area contributed by atoms with E-state index < -0.39 is 11.9 Å². The fourth-order valence-corrected chi connectivity index (χ4v) is 4.13. The minimum atomic E-state index is -0.831. The van der Waals surface area contributed by atoms with Crippen LogP contribution in [0, 0.1) is 0 Å². The van der Waals surface area contributed by atoms with Gasteiger partial charge in [0, 0.05) is 29.7 Å². The molecule has 2 aromatic carbocycles. The van der Waals surface area contributed by atoms with Crippen molar-refractivity contribution < 1.29 is 9.59 Å². The SMILES string of the molecule is O=C(NC(Cc1c[nH]c2ccccc12)C(=O)NCc1nnc2ccccn12)c1ccccc1Cl.